The number of aryl methyl sites for hydroxylation is 1. The van der Waals surface area contributed by atoms with E-state index in [1.54, 1.807) is 4.90 Å². The lowest BCUT2D eigenvalue weighted by molar-refractivity contribution is 0.207. The first-order valence-electron chi connectivity index (χ1n) is 6.19. The van der Waals surface area contributed by atoms with E-state index in [0.717, 1.165) is 19.5 Å². The van der Waals surface area contributed by atoms with Gasteiger partial charge >= 0.3 is 6.03 Å². The molecule has 2 heterocycles. The van der Waals surface area contributed by atoms with Crippen LogP contribution in [-0.2, 0) is 13.0 Å². The summed E-state index contributed by atoms with van der Waals surface area (Å²) in [6, 6.07) is -0.0813. The van der Waals surface area contributed by atoms with Gasteiger partial charge in [0.1, 0.15) is 0 Å². The number of nitrogens with one attached hydrogen (secondary N) is 1. The zero-order valence-electron chi connectivity index (χ0n) is 10.6. The Morgan fingerprint density at radius 3 is 3.17 bits per heavy atom. The highest BCUT2D eigenvalue weighted by molar-refractivity contribution is 5.74. The second-order valence-corrected chi connectivity index (χ2v) is 4.35. The van der Waals surface area contributed by atoms with Crippen LogP contribution in [0.2, 0.25) is 0 Å². The zero-order valence-corrected chi connectivity index (χ0v) is 10.6. The van der Waals surface area contributed by atoms with Gasteiger partial charge in [-0.15, -0.1) is 6.58 Å². The van der Waals surface area contributed by atoms with E-state index in [4.69, 9.17) is 4.52 Å². The van der Waals surface area contributed by atoms with Crippen molar-refractivity contribution in [1.82, 2.24) is 20.4 Å². The first-order valence-corrected chi connectivity index (χ1v) is 6.19. The summed E-state index contributed by atoms with van der Waals surface area (Å²) in [5.74, 6) is 1.51. The number of carbonyl (C=O) groups is 1. The molecule has 2 amide bonds. The highest BCUT2D eigenvalue weighted by Gasteiger charge is 2.24. The maximum absolute atomic E-state index is 11.9. The van der Waals surface area contributed by atoms with Crippen molar-refractivity contribution in [1.29, 1.82) is 0 Å². The highest BCUT2D eigenvalue weighted by atomic mass is 16.5. The van der Waals surface area contributed by atoms with Crippen LogP contribution in [0.4, 0.5) is 4.79 Å². The lowest BCUT2D eigenvalue weighted by Crippen LogP contribution is -2.38. The van der Waals surface area contributed by atoms with Gasteiger partial charge in [-0.3, -0.25) is 0 Å². The van der Waals surface area contributed by atoms with Crippen LogP contribution in [0.3, 0.4) is 0 Å². The van der Waals surface area contributed by atoms with Crippen molar-refractivity contribution in [3.63, 3.8) is 0 Å². The Kier molecular flexibility index (Phi) is 3.96. The van der Waals surface area contributed by atoms with Gasteiger partial charge in [-0.1, -0.05) is 18.2 Å². The molecule has 0 saturated carbocycles. The van der Waals surface area contributed by atoms with E-state index >= 15 is 0 Å². The number of nitrogens with zero attached hydrogens (tertiary/aromatic N) is 3. The van der Waals surface area contributed by atoms with Gasteiger partial charge in [-0.05, 0) is 12.3 Å². The van der Waals surface area contributed by atoms with Crippen molar-refractivity contribution in [2.45, 2.75) is 26.3 Å². The van der Waals surface area contributed by atoms with Crippen LogP contribution < -0.4 is 5.32 Å². The van der Waals surface area contributed by atoms with E-state index in [-0.39, 0.29) is 6.03 Å². The van der Waals surface area contributed by atoms with Gasteiger partial charge in [-0.25, -0.2) is 4.79 Å². The summed E-state index contributed by atoms with van der Waals surface area (Å²) >= 11 is 0. The molecule has 0 radical (unpaired) electrons. The van der Waals surface area contributed by atoms with E-state index in [2.05, 4.69) is 22.0 Å². The molecule has 98 valence electrons. The SMILES string of the molecule is C=C[C@H]1CCN(C(=O)NCc2noc(CC)n2)C1. The third kappa shape index (κ3) is 2.88. The molecule has 0 aliphatic carbocycles. The van der Waals surface area contributed by atoms with Gasteiger partial charge in [0.05, 0.1) is 6.54 Å². The molecule has 1 saturated heterocycles. The van der Waals surface area contributed by atoms with Gasteiger partial charge in [0.15, 0.2) is 5.82 Å². The third-order valence-corrected chi connectivity index (χ3v) is 3.06. The molecule has 0 bridgehead atoms. The van der Waals surface area contributed by atoms with Crippen molar-refractivity contribution in [3.05, 3.63) is 24.4 Å². The van der Waals surface area contributed by atoms with Crippen LogP contribution in [0.1, 0.15) is 25.1 Å². The molecule has 18 heavy (non-hydrogen) atoms. The molecule has 1 fully saturated rings. The molecule has 6 heteroatoms. The molecular weight excluding hydrogens is 232 g/mol. The molecule has 0 aromatic carbocycles. The van der Waals surface area contributed by atoms with Crippen molar-refractivity contribution in [3.8, 4) is 0 Å². The number of hydrogen-bond acceptors (Lipinski definition) is 4. The minimum atomic E-state index is -0.0813. The molecule has 1 aromatic heterocycles. The number of likely N-dealkylation sites (tertiary alicyclic amines) is 1. The van der Waals surface area contributed by atoms with Gasteiger partial charge in [0.25, 0.3) is 0 Å². The van der Waals surface area contributed by atoms with E-state index in [1.807, 2.05) is 13.0 Å². The van der Waals surface area contributed by atoms with E-state index in [9.17, 15) is 4.79 Å². The number of urea groups is 1. The van der Waals surface area contributed by atoms with Crippen LogP contribution >= 0.6 is 0 Å². The Balaban J connectivity index is 1.79. The summed E-state index contributed by atoms with van der Waals surface area (Å²) in [7, 11) is 0. The first kappa shape index (κ1) is 12.6. The smallest absolute Gasteiger partial charge is 0.317 e. The fraction of sp³-hybridized carbons (Fsp3) is 0.583. The third-order valence-electron chi connectivity index (χ3n) is 3.06. The number of carbonyl (C=O) groups excluding carboxylic acids is 1. The van der Waals surface area contributed by atoms with E-state index < -0.39 is 0 Å². The molecule has 2 rings (SSSR count). The summed E-state index contributed by atoms with van der Waals surface area (Å²) in [5, 5.41) is 6.57. The Labute approximate surface area is 106 Å². The van der Waals surface area contributed by atoms with Crippen LogP contribution in [0, 0.1) is 5.92 Å². The Hall–Kier alpha value is -1.85. The predicted molar refractivity (Wildman–Crippen MR) is 65.8 cm³/mol. The minimum Gasteiger partial charge on any atom is -0.339 e. The lowest BCUT2D eigenvalue weighted by Gasteiger charge is -2.15. The number of aromatic nitrogens is 2. The average molecular weight is 250 g/mol. The highest BCUT2D eigenvalue weighted by Crippen LogP contribution is 2.16. The van der Waals surface area contributed by atoms with Crippen LogP contribution in [0.25, 0.3) is 0 Å². The summed E-state index contributed by atoms with van der Waals surface area (Å²) in [6.45, 7) is 7.51. The van der Waals surface area contributed by atoms with Crippen LogP contribution in [-0.4, -0.2) is 34.2 Å². The summed E-state index contributed by atoms with van der Waals surface area (Å²) in [5.41, 5.74) is 0. The normalized spacial score (nSPS) is 18.9. The van der Waals surface area contributed by atoms with Crippen LogP contribution in [0.5, 0.6) is 0 Å². The molecule has 0 unspecified atom stereocenters. The number of amides is 2. The second kappa shape index (κ2) is 5.66. The van der Waals surface area contributed by atoms with Gasteiger partial charge in [-0.2, -0.15) is 4.98 Å². The average Bonchev–Trinajstić information content (AvgIpc) is 3.04. The summed E-state index contributed by atoms with van der Waals surface area (Å²) in [4.78, 5) is 17.8. The largest absolute Gasteiger partial charge is 0.339 e. The Morgan fingerprint density at radius 1 is 1.72 bits per heavy atom. The first-order chi connectivity index (χ1) is 8.72. The predicted octanol–water partition coefficient (Wildman–Crippen LogP) is 1.35. The van der Waals surface area contributed by atoms with Gasteiger partial charge in [0, 0.05) is 19.5 Å². The van der Waals surface area contributed by atoms with E-state index in [1.165, 1.54) is 0 Å². The van der Waals surface area contributed by atoms with Crippen molar-refractivity contribution in [2.75, 3.05) is 13.1 Å². The topological polar surface area (TPSA) is 71.3 Å². The van der Waals surface area contributed by atoms with Gasteiger partial charge in [0.2, 0.25) is 5.89 Å². The Bertz CT molecular complexity index is 429. The molecule has 6 nitrogen and oxygen atoms in total. The molecule has 0 spiro atoms. The lowest BCUT2D eigenvalue weighted by atomic mass is 10.1. The standard InChI is InChI=1S/C12H18N4O2/c1-3-9-5-6-16(8-9)12(17)13-7-10-14-11(4-2)18-15-10/h3,9H,1,4-8H2,2H3,(H,13,17)/t9-/m0/s1. The van der Waals surface area contributed by atoms with Crippen molar-refractivity contribution < 1.29 is 9.32 Å². The quantitative estimate of drug-likeness (QED) is 0.819. The Morgan fingerprint density at radius 2 is 2.56 bits per heavy atom. The summed E-state index contributed by atoms with van der Waals surface area (Å²) in [6.07, 6.45) is 3.59. The zero-order chi connectivity index (χ0) is 13.0. The number of hydrogen-bond donors (Lipinski definition) is 1. The summed E-state index contributed by atoms with van der Waals surface area (Å²) < 4.78 is 4.97. The van der Waals surface area contributed by atoms with Gasteiger partial charge < -0.3 is 14.7 Å². The maximum Gasteiger partial charge on any atom is 0.317 e. The molecular formula is C12H18N4O2. The van der Waals surface area contributed by atoms with Crippen molar-refractivity contribution in [2.24, 2.45) is 5.92 Å². The molecule has 1 aliphatic rings. The maximum atomic E-state index is 11.9. The van der Waals surface area contributed by atoms with Crippen LogP contribution in [0.15, 0.2) is 17.2 Å². The monoisotopic (exact) mass is 250 g/mol. The molecule has 1 aliphatic heterocycles. The van der Waals surface area contributed by atoms with E-state index in [0.29, 0.717) is 30.6 Å². The fourth-order valence-corrected chi connectivity index (χ4v) is 1.94. The molecule has 1 aromatic rings. The second-order valence-electron chi connectivity index (χ2n) is 4.35. The molecule has 1 N–H and O–H groups in total. The molecule has 1 atom stereocenters. The van der Waals surface area contributed by atoms with Crippen molar-refractivity contribution >= 4 is 6.03 Å². The fourth-order valence-electron chi connectivity index (χ4n) is 1.94. The minimum absolute atomic E-state index is 0.0813. The number of rotatable bonds is 4.